The molecule has 27 heavy (non-hydrogen) atoms. The summed E-state index contributed by atoms with van der Waals surface area (Å²) < 4.78 is 1.91. The Morgan fingerprint density at radius 1 is 1.07 bits per heavy atom. The summed E-state index contributed by atoms with van der Waals surface area (Å²) in [5.74, 6) is 1.38. The molecular formula is C21H21N5S. The summed E-state index contributed by atoms with van der Waals surface area (Å²) in [6.07, 6.45) is 6.81. The second-order valence-corrected chi connectivity index (χ2v) is 8.53. The van der Waals surface area contributed by atoms with Crippen molar-refractivity contribution in [3.8, 4) is 11.1 Å². The van der Waals surface area contributed by atoms with Gasteiger partial charge < -0.3 is 0 Å². The molecule has 1 unspecified atom stereocenters. The Bertz CT molecular complexity index is 1070. The first kappa shape index (κ1) is 16.6. The van der Waals surface area contributed by atoms with Crippen LogP contribution in [-0.4, -0.2) is 37.6 Å². The molecule has 0 bridgehead atoms. The van der Waals surface area contributed by atoms with Gasteiger partial charge in [0.1, 0.15) is 0 Å². The van der Waals surface area contributed by atoms with Crippen molar-refractivity contribution in [1.29, 1.82) is 0 Å². The second-order valence-electron chi connectivity index (χ2n) is 7.16. The van der Waals surface area contributed by atoms with Crippen LogP contribution in [0.4, 0.5) is 0 Å². The van der Waals surface area contributed by atoms with Crippen LogP contribution in [0.25, 0.3) is 16.8 Å². The summed E-state index contributed by atoms with van der Waals surface area (Å²) in [5, 5.41) is 4.79. The van der Waals surface area contributed by atoms with Crippen LogP contribution < -0.4 is 0 Å². The van der Waals surface area contributed by atoms with E-state index in [1.165, 1.54) is 9.75 Å². The first-order valence-electron chi connectivity index (χ1n) is 9.29. The average molecular weight is 376 g/mol. The van der Waals surface area contributed by atoms with Crippen molar-refractivity contribution in [3.63, 3.8) is 0 Å². The molecule has 1 atom stereocenters. The minimum absolute atomic E-state index is 0.412. The minimum atomic E-state index is 0.412. The molecule has 4 aromatic rings. The lowest BCUT2D eigenvalue weighted by atomic mass is 10.1. The van der Waals surface area contributed by atoms with E-state index >= 15 is 0 Å². The van der Waals surface area contributed by atoms with E-state index in [0.717, 1.165) is 48.7 Å². The quantitative estimate of drug-likeness (QED) is 0.538. The van der Waals surface area contributed by atoms with Crippen molar-refractivity contribution in [3.05, 3.63) is 70.6 Å². The van der Waals surface area contributed by atoms with Gasteiger partial charge in [0.2, 0.25) is 0 Å². The highest BCUT2D eigenvalue weighted by molar-refractivity contribution is 7.11. The highest BCUT2D eigenvalue weighted by Crippen LogP contribution is 2.28. The molecule has 1 fully saturated rings. The van der Waals surface area contributed by atoms with Crippen LogP contribution in [0.3, 0.4) is 0 Å². The summed E-state index contributed by atoms with van der Waals surface area (Å²) in [6.45, 7) is 5.35. The summed E-state index contributed by atoms with van der Waals surface area (Å²) in [6, 6.07) is 12.6. The molecule has 4 aromatic heterocycles. The van der Waals surface area contributed by atoms with Gasteiger partial charge in [-0.25, -0.2) is 9.50 Å². The average Bonchev–Trinajstić information content (AvgIpc) is 3.41. The molecule has 0 aliphatic carbocycles. The van der Waals surface area contributed by atoms with Gasteiger partial charge in [-0.2, -0.15) is 5.10 Å². The zero-order chi connectivity index (χ0) is 18.2. The number of aromatic nitrogens is 4. The zero-order valence-corrected chi connectivity index (χ0v) is 16.1. The smallest absolute Gasteiger partial charge is 0.156 e. The third-order valence-corrected chi connectivity index (χ3v) is 6.16. The molecule has 6 heteroatoms. The predicted octanol–water partition coefficient (Wildman–Crippen LogP) is 4.15. The van der Waals surface area contributed by atoms with E-state index in [1.807, 2.05) is 46.4 Å². The number of likely N-dealkylation sites (tertiary alicyclic amines) is 1. The lowest BCUT2D eigenvalue weighted by molar-refractivity contribution is 0.328. The van der Waals surface area contributed by atoms with Gasteiger partial charge in [-0.15, -0.1) is 11.3 Å². The molecule has 0 saturated carbocycles. The molecule has 5 heterocycles. The van der Waals surface area contributed by atoms with Gasteiger partial charge in [-0.1, -0.05) is 0 Å². The number of fused-ring (bicyclic) bond motifs is 1. The monoisotopic (exact) mass is 375 g/mol. The Labute approximate surface area is 162 Å². The van der Waals surface area contributed by atoms with Crippen LogP contribution >= 0.6 is 11.3 Å². The third kappa shape index (κ3) is 3.38. The van der Waals surface area contributed by atoms with Crippen molar-refractivity contribution in [2.45, 2.75) is 25.8 Å². The molecule has 5 rings (SSSR count). The van der Waals surface area contributed by atoms with Gasteiger partial charge >= 0.3 is 0 Å². The molecule has 1 saturated heterocycles. The van der Waals surface area contributed by atoms with Crippen LogP contribution in [0.2, 0.25) is 0 Å². The molecule has 0 radical (unpaired) electrons. The topological polar surface area (TPSA) is 46.3 Å². The molecule has 1 aliphatic rings. The maximum atomic E-state index is 4.79. The third-order valence-electron chi connectivity index (χ3n) is 5.17. The highest BCUT2D eigenvalue weighted by Gasteiger charge is 2.27. The predicted molar refractivity (Wildman–Crippen MR) is 108 cm³/mol. The first-order valence-corrected chi connectivity index (χ1v) is 10.1. The van der Waals surface area contributed by atoms with Crippen molar-refractivity contribution in [1.82, 2.24) is 24.5 Å². The Morgan fingerprint density at radius 2 is 1.96 bits per heavy atom. The lowest BCUT2D eigenvalue weighted by Crippen LogP contribution is -2.19. The van der Waals surface area contributed by atoms with Crippen molar-refractivity contribution >= 4 is 17.0 Å². The van der Waals surface area contributed by atoms with Gasteiger partial charge in [-0.05, 0) is 61.9 Å². The Kier molecular flexibility index (Phi) is 4.22. The minimum Gasteiger partial charge on any atom is -0.298 e. The maximum absolute atomic E-state index is 4.79. The second kappa shape index (κ2) is 6.87. The van der Waals surface area contributed by atoms with Gasteiger partial charge in [0.15, 0.2) is 11.5 Å². The van der Waals surface area contributed by atoms with E-state index in [2.05, 4.69) is 41.2 Å². The number of pyridine rings is 2. The molecule has 0 aromatic carbocycles. The number of rotatable bonds is 4. The summed E-state index contributed by atoms with van der Waals surface area (Å²) in [4.78, 5) is 14.2. The molecular weight excluding hydrogens is 354 g/mol. The molecule has 5 nitrogen and oxygen atoms in total. The van der Waals surface area contributed by atoms with Gasteiger partial charge in [-0.3, -0.25) is 9.88 Å². The maximum Gasteiger partial charge on any atom is 0.156 e. The fourth-order valence-electron chi connectivity index (χ4n) is 3.77. The SMILES string of the molecule is Cc1ccc(CN2CCC(c3nc4ccc(-c5ccncc5)cn4n3)C2)s1. The standard InChI is InChI=1S/C21H21N5S/c1-15-2-4-19(27-15)14-25-11-8-18(12-25)21-23-20-5-3-17(13-26(20)24-21)16-6-9-22-10-7-16/h2-7,9-10,13,18H,8,11-12,14H2,1H3. The van der Waals surface area contributed by atoms with E-state index < -0.39 is 0 Å². The van der Waals surface area contributed by atoms with E-state index in [0.29, 0.717) is 5.92 Å². The van der Waals surface area contributed by atoms with Crippen LogP contribution in [-0.2, 0) is 6.54 Å². The van der Waals surface area contributed by atoms with E-state index in [9.17, 15) is 0 Å². The molecule has 0 N–H and O–H groups in total. The number of nitrogens with zero attached hydrogens (tertiary/aromatic N) is 5. The number of hydrogen-bond donors (Lipinski definition) is 0. The number of thiophene rings is 1. The summed E-state index contributed by atoms with van der Waals surface area (Å²) in [7, 11) is 0. The first-order chi connectivity index (χ1) is 13.2. The normalized spacial score (nSPS) is 17.7. The molecule has 0 spiro atoms. The Balaban J connectivity index is 1.34. The van der Waals surface area contributed by atoms with Crippen molar-refractivity contribution < 1.29 is 0 Å². The highest BCUT2D eigenvalue weighted by atomic mass is 32.1. The lowest BCUT2D eigenvalue weighted by Gasteiger charge is -2.13. The fraction of sp³-hybridized carbons (Fsp3) is 0.286. The molecule has 136 valence electrons. The molecule has 1 aliphatic heterocycles. The van der Waals surface area contributed by atoms with Crippen LogP contribution in [0.5, 0.6) is 0 Å². The Hall–Kier alpha value is -2.57. The zero-order valence-electron chi connectivity index (χ0n) is 15.2. The van der Waals surface area contributed by atoms with Gasteiger partial charge in [0, 0.05) is 52.9 Å². The fourth-order valence-corrected chi connectivity index (χ4v) is 4.70. The van der Waals surface area contributed by atoms with E-state index in [4.69, 9.17) is 10.1 Å². The number of hydrogen-bond acceptors (Lipinski definition) is 5. The number of aryl methyl sites for hydroxylation is 1. The summed E-state index contributed by atoms with van der Waals surface area (Å²) >= 11 is 1.89. The van der Waals surface area contributed by atoms with Crippen molar-refractivity contribution in [2.24, 2.45) is 0 Å². The van der Waals surface area contributed by atoms with E-state index in [-0.39, 0.29) is 0 Å². The largest absolute Gasteiger partial charge is 0.298 e. The van der Waals surface area contributed by atoms with Crippen LogP contribution in [0, 0.1) is 6.92 Å². The molecule has 0 amide bonds. The van der Waals surface area contributed by atoms with E-state index in [1.54, 1.807) is 0 Å². The van der Waals surface area contributed by atoms with Gasteiger partial charge in [0.05, 0.1) is 0 Å². The summed E-state index contributed by atoms with van der Waals surface area (Å²) in [5.41, 5.74) is 3.18. The Morgan fingerprint density at radius 3 is 2.78 bits per heavy atom. The van der Waals surface area contributed by atoms with Gasteiger partial charge in [0.25, 0.3) is 0 Å². The van der Waals surface area contributed by atoms with Crippen LogP contribution in [0.1, 0.15) is 27.9 Å². The van der Waals surface area contributed by atoms with Crippen LogP contribution in [0.15, 0.2) is 55.0 Å². The van der Waals surface area contributed by atoms with Crippen molar-refractivity contribution in [2.75, 3.05) is 13.1 Å².